The van der Waals surface area contributed by atoms with E-state index in [-0.39, 0.29) is 12.6 Å². The number of amides is 2. The molecule has 0 unspecified atom stereocenters. The summed E-state index contributed by atoms with van der Waals surface area (Å²) in [5, 5.41) is 15.1. The third kappa shape index (κ3) is 4.11. The predicted octanol–water partition coefficient (Wildman–Crippen LogP) is 2.12. The minimum absolute atomic E-state index is 0.225. The molecule has 5 nitrogen and oxygen atoms in total. The van der Waals surface area contributed by atoms with E-state index >= 15 is 0 Å². The molecule has 0 heterocycles. The van der Waals surface area contributed by atoms with Crippen LogP contribution in [0.15, 0.2) is 0 Å². The fourth-order valence-corrected chi connectivity index (χ4v) is 2.74. The lowest BCUT2D eigenvalue weighted by molar-refractivity contribution is -0.149. The van der Waals surface area contributed by atoms with Gasteiger partial charge in [-0.15, -0.1) is 0 Å². The molecule has 0 aromatic rings. The van der Waals surface area contributed by atoms with E-state index in [1.165, 1.54) is 12.8 Å². The van der Waals surface area contributed by atoms with Crippen molar-refractivity contribution in [2.75, 3.05) is 13.1 Å². The van der Waals surface area contributed by atoms with Gasteiger partial charge in [-0.05, 0) is 31.6 Å². The van der Waals surface area contributed by atoms with Crippen molar-refractivity contribution in [3.05, 3.63) is 0 Å². The second-order valence-electron chi connectivity index (χ2n) is 6.01. The first-order chi connectivity index (χ1) is 9.12. The van der Waals surface area contributed by atoms with Gasteiger partial charge < -0.3 is 15.7 Å². The molecule has 0 spiro atoms. The number of nitrogens with one attached hydrogen (secondary N) is 2. The Balaban J connectivity index is 1.81. The highest BCUT2D eigenvalue weighted by atomic mass is 16.4. The normalized spacial score (nSPS) is 22.3. The summed E-state index contributed by atoms with van der Waals surface area (Å²) < 4.78 is 0. The van der Waals surface area contributed by atoms with Gasteiger partial charge in [-0.25, -0.2) is 4.79 Å². The van der Waals surface area contributed by atoms with Gasteiger partial charge in [0, 0.05) is 13.1 Å². The summed E-state index contributed by atoms with van der Waals surface area (Å²) in [4.78, 5) is 23.2. The Morgan fingerprint density at radius 1 is 1.05 bits per heavy atom. The van der Waals surface area contributed by atoms with Crippen molar-refractivity contribution in [2.24, 2.45) is 11.3 Å². The molecule has 2 amide bonds. The molecule has 2 fully saturated rings. The van der Waals surface area contributed by atoms with E-state index in [4.69, 9.17) is 0 Å². The van der Waals surface area contributed by atoms with Gasteiger partial charge in [-0.2, -0.15) is 0 Å². The second kappa shape index (κ2) is 6.26. The van der Waals surface area contributed by atoms with Crippen molar-refractivity contribution in [3.63, 3.8) is 0 Å². The molecular weight excluding hydrogens is 244 g/mol. The Hall–Kier alpha value is -1.26. The molecular formula is C14H24N2O3. The number of urea groups is 1. The van der Waals surface area contributed by atoms with Crippen LogP contribution in [-0.4, -0.2) is 30.2 Å². The van der Waals surface area contributed by atoms with Crippen LogP contribution in [-0.2, 0) is 4.79 Å². The van der Waals surface area contributed by atoms with Gasteiger partial charge in [0.1, 0.15) is 0 Å². The minimum atomic E-state index is -0.767. The largest absolute Gasteiger partial charge is 0.481 e. The summed E-state index contributed by atoms with van der Waals surface area (Å²) in [5.41, 5.74) is -0.757. The standard InChI is InChI=1S/C14H24N2O3/c17-12(18)14(7-3-1-2-4-8-14)10-16-13(19)15-9-11-5-6-11/h11H,1-10H2,(H,17,18)(H2,15,16,19). The molecule has 0 aromatic carbocycles. The molecule has 0 bridgehead atoms. The van der Waals surface area contributed by atoms with Crippen molar-refractivity contribution in [2.45, 2.75) is 51.4 Å². The van der Waals surface area contributed by atoms with Crippen molar-refractivity contribution in [1.82, 2.24) is 10.6 Å². The van der Waals surface area contributed by atoms with Crippen LogP contribution in [0.25, 0.3) is 0 Å². The highest BCUT2D eigenvalue weighted by Gasteiger charge is 2.38. The third-order valence-electron chi connectivity index (χ3n) is 4.35. The molecule has 108 valence electrons. The molecule has 0 radical (unpaired) electrons. The summed E-state index contributed by atoms with van der Waals surface area (Å²) in [6.45, 7) is 0.963. The van der Waals surface area contributed by atoms with Gasteiger partial charge in [-0.3, -0.25) is 4.79 Å². The molecule has 0 aromatic heterocycles. The first kappa shape index (κ1) is 14.2. The number of hydrogen-bond acceptors (Lipinski definition) is 2. The summed E-state index contributed by atoms with van der Waals surface area (Å²) in [7, 11) is 0. The van der Waals surface area contributed by atoms with Crippen LogP contribution < -0.4 is 10.6 Å². The second-order valence-corrected chi connectivity index (χ2v) is 6.01. The summed E-state index contributed by atoms with van der Waals surface area (Å²) in [6, 6.07) is -0.225. The van der Waals surface area contributed by atoms with E-state index in [1.54, 1.807) is 0 Å². The Morgan fingerprint density at radius 2 is 1.68 bits per heavy atom. The number of carbonyl (C=O) groups is 2. The maximum atomic E-state index is 11.7. The highest BCUT2D eigenvalue weighted by molar-refractivity contribution is 5.78. The van der Waals surface area contributed by atoms with E-state index in [0.29, 0.717) is 25.3 Å². The van der Waals surface area contributed by atoms with E-state index in [2.05, 4.69) is 10.6 Å². The number of carbonyl (C=O) groups excluding carboxylic acids is 1. The molecule has 5 heteroatoms. The molecule has 19 heavy (non-hydrogen) atoms. The highest BCUT2D eigenvalue weighted by Crippen LogP contribution is 2.34. The zero-order valence-corrected chi connectivity index (χ0v) is 11.4. The molecule has 3 N–H and O–H groups in total. The van der Waals surface area contributed by atoms with Crippen LogP contribution in [0.5, 0.6) is 0 Å². The number of carboxylic acid groups (broad SMARTS) is 1. The summed E-state index contributed by atoms with van der Waals surface area (Å²) in [6.07, 6.45) is 7.82. The monoisotopic (exact) mass is 268 g/mol. The van der Waals surface area contributed by atoms with Gasteiger partial charge in [0.15, 0.2) is 0 Å². The van der Waals surface area contributed by atoms with Gasteiger partial charge in [0.25, 0.3) is 0 Å². The van der Waals surface area contributed by atoms with Crippen LogP contribution in [0, 0.1) is 11.3 Å². The van der Waals surface area contributed by atoms with Crippen molar-refractivity contribution in [3.8, 4) is 0 Å². The zero-order valence-electron chi connectivity index (χ0n) is 11.4. The van der Waals surface area contributed by atoms with Crippen LogP contribution in [0.3, 0.4) is 0 Å². The number of rotatable bonds is 5. The molecule has 0 atom stereocenters. The minimum Gasteiger partial charge on any atom is -0.481 e. The number of aliphatic carboxylic acids is 1. The topological polar surface area (TPSA) is 78.4 Å². The SMILES string of the molecule is O=C(NCC1CC1)NCC1(C(=O)O)CCCCCC1. The fourth-order valence-electron chi connectivity index (χ4n) is 2.74. The lowest BCUT2D eigenvalue weighted by Gasteiger charge is -2.28. The lowest BCUT2D eigenvalue weighted by atomic mass is 9.80. The van der Waals surface area contributed by atoms with Crippen molar-refractivity contribution in [1.29, 1.82) is 0 Å². The van der Waals surface area contributed by atoms with Crippen molar-refractivity contribution >= 4 is 12.0 Å². The van der Waals surface area contributed by atoms with Gasteiger partial charge in [0.2, 0.25) is 0 Å². The third-order valence-corrected chi connectivity index (χ3v) is 4.35. The molecule has 0 aliphatic heterocycles. The van der Waals surface area contributed by atoms with Crippen LogP contribution in [0.1, 0.15) is 51.4 Å². The van der Waals surface area contributed by atoms with Crippen LogP contribution >= 0.6 is 0 Å². The van der Waals surface area contributed by atoms with Crippen LogP contribution in [0.4, 0.5) is 4.79 Å². The smallest absolute Gasteiger partial charge is 0.314 e. The van der Waals surface area contributed by atoms with Crippen molar-refractivity contribution < 1.29 is 14.7 Å². The average Bonchev–Trinajstić information content (AvgIpc) is 3.21. The summed E-state index contributed by atoms with van der Waals surface area (Å²) in [5.74, 6) is -0.131. The van der Waals surface area contributed by atoms with Gasteiger partial charge in [-0.1, -0.05) is 25.7 Å². The van der Waals surface area contributed by atoms with E-state index in [0.717, 1.165) is 25.7 Å². The Labute approximate surface area is 114 Å². The van der Waals surface area contributed by atoms with Gasteiger partial charge >= 0.3 is 12.0 Å². The molecule has 2 rings (SSSR count). The van der Waals surface area contributed by atoms with Gasteiger partial charge in [0.05, 0.1) is 5.41 Å². The average molecular weight is 268 g/mol. The Morgan fingerprint density at radius 3 is 2.21 bits per heavy atom. The maximum Gasteiger partial charge on any atom is 0.314 e. The molecule has 2 aliphatic carbocycles. The molecule has 2 aliphatic rings. The Bertz CT molecular complexity index is 332. The predicted molar refractivity (Wildman–Crippen MR) is 71.9 cm³/mol. The quantitative estimate of drug-likeness (QED) is 0.668. The van der Waals surface area contributed by atoms with E-state index < -0.39 is 11.4 Å². The van der Waals surface area contributed by atoms with Crippen LogP contribution in [0.2, 0.25) is 0 Å². The lowest BCUT2D eigenvalue weighted by Crippen LogP contribution is -2.46. The first-order valence-corrected chi connectivity index (χ1v) is 7.37. The number of carboxylic acids is 1. The summed E-state index contributed by atoms with van der Waals surface area (Å²) >= 11 is 0. The fraction of sp³-hybridized carbons (Fsp3) is 0.857. The Kier molecular flexibility index (Phi) is 4.66. The zero-order chi connectivity index (χ0) is 13.7. The van der Waals surface area contributed by atoms with E-state index in [1.807, 2.05) is 0 Å². The maximum absolute atomic E-state index is 11.7. The molecule has 2 saturated carbocycles. The first-order valence-electron chi connectivity index (χ1n) is 7.37. The molecule has 0 saturated heterocycles. The number of hydrogen-bond donors (Lipinski definition) is 3. The van der Waals surface area contributed by atoms with E-state index in [9.17, 15) is 14.7 Å².